The molecule has 110 valence electrons. The van der Waals surface area contributed by atoms with Crippen LogP contribution in [0.3, 0.4) is 0 Å². The molecule has 0 bridgehead atoms. The predicted octanol–water partition coefficient (Wildman–Crippen LogP) is 4.17. The molecule has 22 heavy (non-hydrogen) atoms. The molecule has 0 saturated carbocycles. The standard InChI is InChI=1S/C19H17NO2/c1-13(19(21)22)11-15-12-18(14-7-3-2-4-8-14)20-17-10-6-5-9-16(15)17/h2-10,12-13H,11H2,1H3,(H,21,22). The zero-order valence-electron chi connectivity index (χ0n) is 12.4. The molecule has 0 radical (unpaired) electrons. The number of carboxylic acids is 1. The van der Waals surface area contributed by atoms with Crippen LogP contribution in [-0.4, -0.2) is 16.1 Å². The highest BCUT2D eigenvalue weighted by molar-refractivity contribution is 5.85. The van der Waals surface area contributed by atoms with Crippen LogP contribution >= 0.6 is 0 Å². The lowest BCUT2D eigenvalue weighted by Gasteiger charge is -2.12. The first kappa shape index (κ1) is 14.3. The Kier molecular flexibility index (Phi) is 3.88. The van der Waals surface area contributed by atoms with Gasteiger partial charge < -0.3 is 5.11 Å². The Morgan fingerprint density at radius 3 is 2.50 bits per heavy atom. The van der Waals surface area contributed by atoms with Crippen LogP contribution in [0.25, 0.3) is 22.2 Å². The molecule has 0 amide bonds. The number of benzene rings is 2. The minimum atomic E-state index is -0.776. The monoisotopic (exact) mass is 291 g/mol. The van der Waals surface area contributed by atoms with E-state index in [9.17, 15) is 9.90 Å². The molecule has 1 N–H and O–H groups in total. The molecule has 1 aromatic heterocycles. The third-order valence-corrected chi connectivity index (χ3v) is 3.82. The third-order valence-electron chi connectivity index (χ3n) is 3.82. The fourth-order valence-electron chi connectivity index (χ4n) is 2.59. The van der Waals surface area contributed by atoms with Gasteiger partial charge in [0.15, 0.2) is 0 Å². The van der Waals surface area contributed by atoms with Crippen molar-refractivity contribution in [1.82, 2.24) is 4.98 Å². The maximum Gasteiger partial charge on any atom is 0.306 e. The second-order valence-electron chi connectivity index (χ2n) is 5.49. The fraction of sp³-hybridized carbons (Fsp3) is 0.158. The molecule has 1 unspecified atom stereocenters. The molecule has 3 heteroatoms. The predicted molar refractivity (Wildman–Crippen MR) is 87.7 cm³/mol. The number of nitrogens with zero attached hydrogens (tertiary/aromatic N) is 1. The maximum atomic E-state index is 11.2. The van der Waals surface area contributed by atoms with Crippen molar-refractivity contribution in [2.75, 3.05) is 0 Å². The van der Waals surface area contributed by atoms with E-state index in [2.05, 4.69) is 0 Å². The largest absolute Gasteiger partial charge is 0.481 e. The molecule has 0 aliphatic heterocycles. The van der Waals surface area contributed by atoms with Crippen LogP contribution in [-0.2, 0) is 11.2 Å². The van der Waals surface area contributed by atoms with E-state index in [1.54, 1.807) is 6.92 Å². The normalized spacial score (nSPS) is 12.2. The van der Waals surface area contributed by atoms with Crippen molar-refractivity contribution in [1.29, 1.82) is 0 Å². The van der Waals surface area contributed by atoms with Crippen LogP contribution in [0.2, 0.25) is 0 Å². The summed E-state index contributed by atoms with van der Waals surface area (Å²) in [4.78, 5) is 15.9. The van der Waals surface area contributed by atoms with Crippen molar-refractivity contribution < 1.29 is 9.90 Å². The lowest BCUT2D eigenvalue weighted by atomic mass is 9.96. The van der Waals surface area contributed by atoms with E-state index in [0.29, 0.717) is 6.42 Å². The van der Waals surface area contributed by atoms with Crippen LogP contribution in [0.4, 0.5) is 0 Å². The highest BCUT2D eigenvalue weighted by atomic mass is 16.4. The smallest absolute Gasteiger partial charge is 0.306 e. The minimum absolute atomic E-state index is 0.422. The van der Waals surface area contributed by atoms with Gasteiger partial charge in [-0.15, -0.1) is 0 Å². The number of rotatable bonds is 4. The number of hydrogen-bond donors (Lipinski definition) is 1. The van der Waals surface area contributed by atoms with Crippen LogP contribution < -0.4 is 0 Å². The summed E-state index contributed by atoms with van der Waals surface area (Å²) in [6, 6.07) is 19.9. The molecular formula is C19H17NO2. The first-order valence-corrected chi connectivity index (χ1v) is 7.32. The summed E-state index contributed by atoms with van der Waals surface area (Å²) < 4.78 is 0. The Morgan fingerprint density at radius 2 is 1.77 bits per heavy atom. The summed E-state index contributed by atoms with van der Waals surface area (Å²) >= 11 is 0. The number of pyridine rings is 1. The van der Waals surface area contributed by atoms with Gasteiger partial charge in [0.05, 0.1) is 17.1 Å². The lowest BCUT2D eigenvalue weighted by molar-refractivity contribution is -0.141. The van der Waals surface area contributed by atoms with Crippen molar-refractivity contribution in [3.63, 3.8) is 0 Å². The van der Waals surface area contributed by atoms with Gasteiger partial charge in [0.1, 0.15) is 0 Å². The van der Waals surface area contributed by atoms with Crippen molar-refractivity contribution in [2.45, 2.75) is 13.3 Å². The second-order valence-corrected chi connectivity index (χ2v) is 5.49. The number of carbonyl (C=O) groups is 1. The highest BCUT2D eigenvalue weighted by Crippen LogP contribution is 2.26. The summed E-state index contributed by atoms with van der Waals surface area (Å²) in [6.07, 6.45) is 0.498. The molecular weight excluding hydrogens is 274 g/mol. The Balaban J connectivity index is 2.14. The average Bonchev–Trinajstić information content (AvgIpc) is 2.55. The second kappa shape index (κ2) is 5.98. The summed E-state index contributed by atoms with van der Waals surface area (Å²) in [5, 5.41) is 10.2. The number of aromatic nitrogens is 1. The van der Waals surface area contributed by atoms with Gasteiger partial charge in [0.25, 0.3) is 0 Å². The van der Waals surface area contributed by atoms with Gasteiger partial charge >= 0.3 is 5.97 Å². The van der Waals surface area contributed by atoms with Crippen molar-refractivity contribution in [3.8, 4) is 11.3 Å². The molecule has 3 nitrogen and oxygen atoms in total. The van der Waals surface area contributed by atoms with Gasteiger partial charge in [0.2, 0.25) is 0 Å². The molecule has 3 aromatic rings. The van der Waals surface area contributed by atoms with Crippen LogP contribution in [0, 0.1) is 5.92 Å². The number of para-hydroxylation sites is 1. The topological polar surface area (TPSA) is 50.2 Å². The lowest BCUT2D eigenvalue weighted by Crippen LogP contribution is -2.12. The molecule has 0 aliphatic rings. The van der Waals surface area contributed by atoms with Gasteiger partial charge in [-0.1, -0.05) is 55.5 Å². The quantitative estimate of drug-likeness (QED) is 0.785. The number of hydrogen-bond acceptors (Lipinski definition) is 2. The van der Waals surface area contributed by atoms with Crippen LogP contribution in [0.5, 0.6) is 0 Å². The van der Waals surface area contributed by atoms with Gasteiger partial charge in [-0.25, -0.2) is 4.98 Å². The van der Waals surface area contributed by atoms with Crippen molar-refractivity contribution in [3.05, 3.63) is 66.2 Å². The van der Waals surface area contributed by atoms with Crippen molar-refractivity contribution in [2.24, 2.45) is 5.92 Å². The number of fused-ring (bicyclic) bond motifs is 1. The van der Waals surface area contributed by atoms with E-state index in [4.69, 9.17) is 4.98 Å². The minimum Gasteiger partial charge on any atom is -0.481 e. The highest BCUT2D eigenvalue weighted by Gasteiger charge is 2.15. The first-order chi connectivity index (χ1) is 10.6. The van der Waals surface area contributed by atoms with E-state index >= 15 is 0 Å². The molecule has 0 spiro atoms. The Hall–Kier alpha value is -2.68. The summed E-state index contributed by atoms with van der Waals surface area (Å²) in [5.74, 6) is -1.20. The Labute approximate surface area is 129 Å². The number of aliphatic carboxylic acids is 1. The van der Waals surface area contributed by atoms with E-state index in [-0.39, 0.29) is 0 Å². The molecule has 1 heterocycles. The van der Waals surface area contributed by atoms with Crippen LogP contribution in [0.15, 0.2) is 60.7 Å². The Morgan fingerprint density at radius 1 is 1.09 bits per heavy atom. The first-order valence-electron chi connectivity index (χ1n) is 7.32. The van der Waals surface area contributed by atoms with Gasteiger partial charge in [-0.2, -0.15) is 0 Å². The molecule has 3 rings (SSSR count). The fourth-order valence-corrected chi connectivity index (χ4v) is 2.59. The molecule has 0 aliphatic carbocycles. The SMILES string of the molecule is CC(Cc1cc(-c2ccccc2)nc2ccccc12)C(=O)O. The van der Waals surface area contributed by atoms with Gasteiger partial charge in [0, 0.05) is 10.9 Å². The summed E-state index contributed by atoms with van der Waals surface area (Å²) in [5.41, 5.74) is 3.85. The maximum absolute atomic E-state index is 11.2. The number of carboxylic acid groups (broad SMARTS) is 1. The van der Waals surface area contributed by atoms with Gasteiger partial charge in [-0.3, -0.25) is 4.79 Å². The van der Waals surface area contributed by atoms with E-state index in [1.165, 1.54) is 0 Å². The molecule has 1 atom stereocenters. The van der Waals surface area contributed by atoms with E-state index in [1.807, 2.05) is 60.7 Å². The zero-order chi connectivity index (χ0) is 15.5. The van der Waals surface area contributed by atoms with E-state index in [0.717, 1.165) is 27.7 Å². The van der Waals surface area contributed by atoms with Crippen molar-refractivity contribution >= 4 is 16.9 Å². The molecule has 0 fully saturated rings. The van der Waals surface area contributed by atoms with Gasteiger partial charge in [-0.05, 0) is 24.1 Å². The van der Waals surface area contributed by atoms with E-state index < -0.39 is 11.9 Å². The zero-order valence-corrected chi connectivity index (χ0v) is 12.4. The summed E-state index contributed by atoms with van der Waals surface area (Å²) in [6.45, 7) is 1.74. The average molecular weight is 291 g/mol. The summed E-state index contributed by atoms with van der Waals surface area (Å²) in [7, 11) is 0. The third kappa shape index (κ3) is 2.84. The molecule has 0 saturated heterocycles. The van der Waals surface area contributed by atoms with Crippen LogP contribution in [0.1, 0.15) is 12.5 Å². The molecule has 2 aromatic carbocycles. The Bertz CT molecular complexity index is 812.